The van der Waals surface area contributed by atoms with Gasteiger partial charge in [0.15, 0.2) is 0 Å². The number of carbonyl (C=O) groups is 2. The Labute approximate surface area is 138 Å². The van der Waals surface area contributed by atoms with Crippen LogP contribution in [0.4, 0.5) is 0 Å². The summed E-state index contributed by atoms with van der Waals surface area (Å²) in [5.41, 5.74) is 1.91. The smallest absolute Gasteiger partial charge is 0.326 e. The lowest BCUT2D eigenvalue weighted by Crippen LogP contribution is -2.53. The fourth-order valence-corrected chi connectivity index (χ4v) is 3.84. The molecule has 3 heterocycles. The van der Waals surface area contributed by atoms with Gasteiger partial charge in [0.25, 0.3) is 5.91 Å². The van der Waals surface area contributed by atoms with E-state index in [-0.39, 0.29) is 23.5 Å². The highest BCUT2D eigenvalue weighted by molar-refractivity contribution is 5.97. The van der Waals surface area contributed by atoms with E-state index in [9.17, 15) is 14.4 Å². The van der Waals surface area contributed by atoms with Crippen molar-refractivity contribution in [2.24, 2.45) is 0 Å². The number of nitrogens with zero attached hydrogens (tertiary/aromatic N) is 3. The summed E-state index contributed by atoms with van der Waals surface area (Å²) in [6.07, 6.45) is 1.42. The Morgan fingerprint density at radius 1 is 1.29 bits per heavy atom. The quantitative estimate of drug-likeness (QED) is 0.885. The van der Waals surface area contributed by atoms with Crippen molar-refractivity contribution in [3.05, 3.63) is 34.2 Å². The summed E-state index contributed by atoms with van der Waals surface area (Å²) in [6, 6.07) is 5.49. The highest BCUT2D eigenvalue weighted by Gasteiger charge is 2.37. The first-order valence-corrected chi connectivity index (χ1v) is 8.40. The van der Waals surface area contributed by atoms with E-state index in [1.165, 1.54) is 0 Å². The first-order valence-electron chi connectivity index (χ1n) is 8.40. The van der Waals surface area contributed by atoms with Gasteiger partial charge in [0, 0.05) is 44.2 Å². The molecule has 0 bridgehead atoms. The molecule has 2 fully saturated rings. The second-order valence-electron chi connectivity index (χ2n) is 6.44. The van der Waals surface area contributed by atoms with Gasteiger partial charge >= 0.3 is 5.69 Å². The van der Waals surface area contributed by atoms with Gasteiger partial charge in [-0.15, -0.1) is 0 Å². The molecule has 0 spiro atoms. The highest BCUT2D eigenvalue weighted by atomic mass is 16.2. The van der Waals surface area contributed by atoms with Crippen molar-refractivity contribution in [2.75, 3.05) is 19.6 Å². The van der Waals surface area contributed by atoms with E-state index in [0.29, 0.717) is 43.7 Å². The Hall–Kier alpha value is -2.57. The molecular formula is C17H20N4O3. The molecule has 1 unspecified atom stereocenters. The molecule has 7 nitrogen and oxygen atoms in total. The lowest BCUT2D eigenvalue weighted by Gasteiger charge is -2.37. The van der Waals surface area contributed by atoms with E-state index in [4.69, 9.17) is 0 Å². The molecule has 1 atom stereocenters. The number of aryl methyl sites for hydroxylation is 1. The van der Waals surface area contributed by atoms with Crippen molar-refractivity contribution < 1.29 is 9.59 Å². The zero-order valence-corrected chi connectivity index (χ0v) is 13.6. The van der Waals surface area contributed by atoms with Crippen molar-refractivity contribution in [3.63, 3.8) is 0 Å². The van der Waals surface area contributed by atoms with E-state index < -0.39 is 0 Å². The van der Waals surface area contributed by atoms with Crippen LogP contribution in [0.1, 0.15) is 30.1 Å². The number of nitrogens with one attached hydrogen (secondary N) is 1. The van der Waals surface area contributed by atoms with Gasteiger partial charge in [0.05, 0.1) is 11.0 Å². The number of hydrogen-bond acceptors (Lipinski definition) is 3. The number of rotatable bonds is 2. The molecule has 1 N–H and O–H groups in total. The fourth-order valence-electron chi connectivity index (χ4n) is 3.84. The number of amides is 2. The number of imidazole rings is 1. The Morgan fingerprint density at radius 3 is 2.92 bits per heavy atom. The third kappa shape index (κ3) is 2.23. The average Bonchev–Trinajstić information content (AvgIpc) is 3.12. The molecule has 24 heavy (non-hydrogen) atoms. The van der Waals surface area contributed by atoms with Gasteiger partial charge in [-0.25, -0.2) is 4.79 Å². The van der Waals surface area contributed by atoms with Crippen LogP contribution in [-0.2, 0) is 11.3 Å². The Morgan fingerprint density at radius 2 is 2.12 bits per heavy atom. The molecule has 2 aromatic rings. The van der Waals surface area contributed by atoms with Gasteiger partial charge in [0.2, 0.25) is 5.91 Å². The molecule has 7 heteroatoms. The lowest BCUT2D eigenvalue weighted by atomic mass is 10.1. The summed E-state index contributed by atoms with van der Waals surface area (Å²) in [4.78, 5) is 42.9. The Kier molecular flexibility index (Phi) is 3.44. The minimum atomic E-state index is -0.157. The molecule has 2 aliphatic heterocycles. The lowest BCUT2D eigenvalue weighted by molar-refractivity contribution is -0.130. The molecule has 0 radical (unpaired) electrons. The first kappa shape index (κ1) is 15.0. The van der Waals surface area contributed by atoms with E-state index in [2.05, 4.69) is 4.98 Å². The van der Waals surface area contributed by atoms with Gasteiger partial charge in [0.1, 0.15) is 0 Å². The molecule has 2 amide bonds. The second-order valence-corrected chi connectivity index (χ2v) is 6.44. The van der Waals surface area contributed by atoms with Crippen molar-refractivity contribution >= 4 is 22.8 Å². The SMILES string of the molecule is CCn1c(=O)[nH]c2cc(C(=O)N3CCN4C(=O)CCC4C3)ccc21. The minimum absolute atomic E-state index is 0.0407. The number of aromatic nitrogens is 2. The zero-order chi connectivity index (χ0) is 16.8. The standard InChI is InChI=1S/C17H20N4O3/c1-2-20-14-5-3-11(9-13(14)18-17(20)24)16(23)19-7-8-21-12(10-19)4-6-15(21)22/h3,5,9,12H,2,4,6-8,10H2,1H3,(H,18,24). The molecule has 2 saturated heterocycles. The monoisotopic (exact) mass is 328 g/mol. The van der Waals surface area contributed by atoms with Gasteiger partial charge in [-0.3, -0.25) is 14.2 Å². The van der Waals surface area contributed by atoms with Crippen LogP contribution in [-0.4, -0.2) is 56.8 Å². The summed E-state index contributed by atoms with van der Waals surface area (Å²) in [5.74, 6) is 0.160. The number of aromatic amines is 1. The second kappa shape index (κ2) is 5.51. The van der Waals surface area contributed by atoms with Gasteiger partial charge in [-0.05, 0) is 31.5 Å². The van der Waals surface area contributed by atoms with Crippen molar-refractivity contribution in [1.82, 2.24) is 19.4 Å². The van der Waals surface area contributed by atoms with E-state index in [1.54, 1.807) is 16.7 Å². The number of carbonyl (C=O) groups excluding carboxylic acids is 2. The fraction of sp³-hybridized carbons (Fsp3) is 0.471. The third-order valence-electron chi connectivity index (χ3n) is 5.12. The van der Waals surface area contributed by atoms with Gasteiger partial charge in [-0.1, -0.05) is 0 Å². The minimum Gasteiger partial charge on any atom is -0.336 e. The number of fused-ring (bicyclic) bond motifs is 2. The molecule has 0 aliphatic carbocycles. The largest absolute Gasteiger partial charge is 0.336 e. The molecule has 4 rings (SSSR count). The van der Waals surface area contributed by atoms with Crippen molar-refractivity contribution in [1.29, 1.82) is 0 Å². The maximum absolute atomic E-state index is 12.8. The first-order chi connectivity index (χ1) is 11.6. The van der Waals surface area contributed by atoms with Crippen LogP contribution in [0.25, 0.3) is 11.0 Å². The number of piperazine rings is 1. The van der Waals surface area contributed by atoms with Gasteiger partial charge < -0.3 is 14.8 Å². The van der Waals surface area contributed by atoms with Crippen LogP contribution in [0.5, 0.6) is 0 Å². The summed E-state index contributed by atoms with van der Waals surface area (Å²) in [6.45, 7) is 4.27. The van der Waals surface area contributed by atoms with Crippen LogP contribution < -0.4 is 5.69 Å². The number of benzene rings is 1. The third-order valence-corrected chi connectivity index (χ3v) is 5.12. The summed E-state index contributed by atoms with van der Waals surface area (Å²) in [7, 11) is 0. The normalized spacial score (nSPS) is 20.7. The molecule has 126 valence electrons. The summed E-state index contributed by atoms with van der Waals surface area (Å²) in [5, 5.41) is 0. The van der Waals surface area contributed by atoms with Gasteiger partial charge in [-0.2, -0.15) is 0 Å². The van der Waals surface area contributed by atoms with E-state index in [0.717, 1.165) is 11.9 Å². The number of H-pyrrole nitrogens is 1. The van der Waals surface area contributed by atoms with Crippen LogP contribution in [0.2, 0.25) is 0 Å². The number of hydrogen-bond donors (Lipinski definition) is 1. The predicted octanol–water partition coefficient (Wildman–Crippen LogP) is 0.796. The maximum Gasteiger partial charge on any atom is 0.326 e. The Balaban J connectivity index is 1.59. The zero-order valence-electron chi connectivity index (χ0n) is 13.6. The Bertz CT molecular complexity index is 882. The molecule has 0 saturated carbocycles. The van der Waals surface area contributed by atoms with E-state index >= 15 is 0 Å². The molecule has 1 aromatic heterocycles. The van der Waals surface area contributed by atoms with Crippen molar-refractivity contribution in [3.8, 4) is 0 Å². The maximum atomic E-state index is 12.8. The van der Waals surface area contributed by atoms with Crippen LogP contribution in [0, 0.1) is 0 Å². The summed E-state index contributed by atoms with van der Waals surface area (Å²) < 4.78 is 1.65. The van der Waals surface area contributed by atoms with Crippen molar-refractivity contribution in [2.45, 2.75) is 32.4 Å². The topological polar surface area (TPSA) is 78.4 Å². The van der Waals surface area contributed by atoms with Crippen LogP contribution in [0.3, 0.4) is 0 Å². The predicted molar refractivity (Wildman–Crippen MR) is 88.9 cm³/mol. The molecule has 1 aromatic carbocycles. The van der Waals surface area contributed by atoms with Crippen LogP contribution in [0.15, 0.2) is 23.0 Å². The molecule has 2 aliphatic rings. The molecular weight excluding hydrogens is 308 g/mol. The van der Waals surface area contributed by atoms with E-state index in [1.807, 2.05) is 22.8 Å². The summed E-state index contributed by atoms with van der Waals surface area (Å²) >= 11 is 0. The van der Waals surface area contributed by atoms with Crippen LogP contribution >= 0.6 is 0 Å². The highest BCUT2D eigenvalue weighted by Crippen LogP contribution is 2.24. The average molecular weight is 328 g/mol.